The highest BCUT2D eigenvalue weighted by Gasteiger charge is 2.13. The Hall–Kier alpha value is -1.85. The van der Waals surface area contributed by atoms with E-state index in [1.54, 1.807) is 24.2 Å². The van der Waals surface area contributed by atoms with Crippen molar-refractivity contribution >= 4 is 22.8 Å². The number of fused-ring (bicyclic) bond motifs is 1. The van der Waals surface area contributed by atoms with Crippen LogP contribution in [0, 0.1) is 0 Å². The highest BCUT2D eigenvalue weighted by Crippen LogP contribution is 2.33. The van der Waals surface area contributed by atoms with E-state index in [2.05, 4.69) is 15.0 Å². The van der Waals surface area contributed by atoms with Gasteiger partial charge in [0.15, 0.2) is 5.16 Å². The molecule has 0 bridgehead atoms. The van der Waals surface area contributed by atoms with Crippen molar-refractivity contribution in [2.45, 2.75) is 10.4 Å². The van der Waals surface area contributed by atoms with Gasteiger partial charge in [-0.2, -0.15) is 0 Å². The SMILES string of the molecule is NCC(Sc1nc2ccccc2[nH]1)c1ccncc1. The van der Waals surface area contributed by atoms with E-state index in [4.69, 9.17) is 5.73 Å². The number of hydrogen-bond donors (Lipinski definition) is 2. The number of H-pyrrole nitrogens is 1. The summed E-state index contributed by atoms with van der Waals surface area (Å²) in [5.41, 5.74) is 9.07. The van der Waals surface area contributed by atoms with E-state index < -0.39 is 0 Å². The number of nitrogens with one attached hydrogen (secondary N) is 1. The van der Waals surface area contributed by atoms with E-state index in [1.165, 1.54) is 5.56 Å². The molecule has 19 heavy (non-hydrogen) atoms. The van der Waals surface area contributed by atoms with E-state index in [0.29, 0.717) is 6.54 Å². The third kappa shape index (κ3) is 2.62. The Labute approximate surface area is 115 Å². The molecule has 1 atom stereocenters. The standard InChI is InChI=1S/C14H14N4S/c15-9-13(10-5-7-16-8-6-10)19-14-17-11-3-1-2-4-12(11)18-14/h1-8,13H,9,15H2,(H,17,18). The predicted molar refractivity (Wildman–Crippen MR) is 78.0 cm³/mol. The summed E-state index contributed by atoms with van der Waals surface area (Å²) in [6, 6.07) is 12.0. The number of para-hydroxylation sites is 2. The summed E-state index contributed by atoms with van der Waals surface area (Å²) in [5.74, 6) is 0. The molecule has 0 radical (unpaired) electrons. The van der Waals surface area contributed by atoms with Gasteiger partial charge in [0.2, 0.25) is 0 Å². The van der Waals surface area contributed by atoms with Gasteiger partial charge in [-0.15, -0.1) is 0 Å². The zero-order valence-corrected chi connectivity index (χ0v) is 11.1. The van der Waals surface area contributed by atoms with E-state index in [0.717, 1.165) is 16.2 Å². The molecule has 3 rings (SSSR count). The van der Waals surface area contributed by atoms with E-state index in [-0.39, 0.29) is 5.25 Å². The largest absolute Gasteiger partial charge is 0.333 e. The number of benzene rings is 1. The second-order valence-corrected chi connectivity index (χ2v) is 5.37. The zero-order valence-electron chi connectivity index (χ0n) is 10.3. The molecule has 3 N–H and O–H groups in total. The van der Waals surface area contributed by atoms with Gasteiger partial charge in [0.05, 0.1) is 11.0 Å². The fourth-order valence-electron chi connectivity index (χ4n) is 1.95. The average molecular weight is 270 g/mol. The first-order valence-electron chi connectivity index (χ1n) is 6.08. The molecular formula is C14H14N4S. The van der Waals surface area contributed by atoms with Gasteiger partial charge in [0.25, 0.3) is 0 Å². The van der Waals surface area contributed by atoms with Crippen molar-refractivity contribution in [2.24, 2.45) is 5.73 Å². The summed E-state index contributed by atoms with van der Waals surface area (Å²) in [7, 11) is 0. The molecule has 0 spiro atoms. The van der Waals surface area contributed by atoms with Crippen LogP contribution < -0.4 is 5.73 Å². The van der Waals surface area contributed by atoms with Crippen LogP contribution in [0.15, 0.2) is 53.9 Å². The van der Waals surface area contributed by atoms with Gasteiger partial charge in [0, 0.05) is 24.2 Å². The van der Waals surface area contributed by atoms with Crippen molar-refractivity contribution in [3.8, 4) is 0 Å². The molecule has 0 fully saturated rings. The highest BCUT2D eigenvalue weighted by atomic mass is 32.2. The lowest BCUT2D eigenvalue weighted by Crippen LogP contribution is -2.09. The van der Waals surface area contributed by atoms with Crippen LogP contribution in [-0.4, -0.2) is 21.5 Å². The molecule has 1 aromatic carbocycles. The van der Waals surface area contributed by atoms with Crippen LogP contribution in [0.1, 0.15) is 10.8 Å². The summed E-state index contributed by atoms with van der Waals surface area (Å²) in [6.07, 6.45) is 3.58. The lowest BCUT2D eigenvalue weighted by atomic mass is 10.2. The number of thioether (sulfide) groups is 1. The summed E-state index contributed by atoms with van der Waals surface area (Å²) in [4.78, 5) is 11.9. The fraction of sp³-hybridized carbons (Fsp3) is 0.143. The molecule has 0 aliphatic heterocycles. The van der Waals surface area contributed by atoms with E-state index >= 15 is 0 Å². The number of rotatable bonds is 4. The summed E-state index contributed by atoms with van der Waals surface area (Å²) >= 11 is 1.65. The number of imidazole rings is 1. The monoisotopic (exact) mass is 270 g/mol. The van der Waals surface area contributed by atoms with Crippen molar-refractivity contribution in [1.82, 2.24) is 15.0 Å². The maximum absolute atomic E-state index is 5.86. The predicted octanol–water partition coefficient (Wildman–Crippen LogP) is 2.75. The van der Waals surface area contributed by atoms with Gasteiger partial charge >= 0.3 is 0 Å². The molecule has 4 nitrogen and oxygen atoms in total. The topological polar surface area (TPSA) is 67.6 Å². The van der Waals surface area contributed by atoms with E-state index in [9.17, 15) is 0 Å². The average Bonchev–Trinajstić information content (AvgIpc) is 2.88. The summed E-state index contributed by atoms with van der Waals surface area (Å²) < 4.78 is 0. The van der Waals surface area contributed by atoms with Crippen LogP contribution in [0.3, 0.4) is 0 Å². The van der Waals surface area contributed by atoms with Crippen molar-refractivity contribution < 1.29 is 0 Å². The molecule has 5 heteroatoms. The van der Waals surface area contributed by atoms with Gasteiger partial charge in [-0.3, -0.25) is 4.98 Å². The molecule has 0 amide bonds. The van der Waals surface area contributed by atoms with Crippen LogP contribution in [0.25, 0.3) is 11.0 Å². The Balaban J connectivity index is 1.86. The first-order chi connectivity index (χ1) is 9.36. The molecule has 1 unspecified atom stereocenters. The summed E-state index contributed by atoms with van der Waals surface area (Å²) in [5, 5.41) is 1.08. The highest BCUT2D eigenvalue weighted by molar-refractivity contribution is 7.99. The Morgan fingerprint density at radius 2 is 1.95 bits per heavy atom. The second kappa shape index (κ2) is 5.42. The molecule has 0 saturated heterocycles. The number of nitrogens with zero attached hydrogens (tertiary/aromatic N) is 2. The van der Waals surface area contributed by atoms with Crippen LogP contribution in [0.4, 0.5) is 0 Å². The third-order valence-electron chi connectivity index (χ3n) is 2.91. The third-order valence-corrected chi connectivity index (χ3v) is 4.08. The lowest BCUT2D eigenvalue weighted by molar-refractivity contribution is 0.925. The fourth-order valence-corrected chi connectivity index (χ4v) is 2.93. The number of hydrogen-bond acceptors (Lipinski definition) is 4. The molecule has 2 heterocycles. The van der Waals surface area contributed by atoms with Crippen LogP contribution in [0.2, 0.25) is 0 Å². The second-order valence-electron chi connectivity index (χ2n) is 4.18. The van der Waals surface area contributed by atoms with Crippen molar-refractivity contribution in [1.29, 1.82) is 0 Å². The maximum atomic E-state index is 5.86. The molecule has 2 aromatic heterocycles. The van der Waals surface area contributed by atoms with Gasteiger partial charge in [-0.05, 0) is 29.8 Å². The van der Waals surface area contributed by atoms with Crippen LogP contribution in [0.5, 0.6) is 0 Å². The number of pyridine rings is 1. The van der Waals surface area contributed by atoms with Crippen LogP contribution in [-0.2, 0) is 0 Å². The minimum Gasteiger partial charge on any atom is -0.333 e. The smallest absolute Gasteiger partial charge is 0.167 e. The van der Waals surface area contributed by atoms with Crippen molar-refractivity contribution in [3.63, 3.8) is 0 Å². The van der Waals surface area contributed by atoms with E-state index in [1.807, 2.05) is 36.4 Å². The minimum absolute atomic E-state index is 0.184. The first kappa shape index (κ1) is 12.2. The molecule has 3 aromatic rings. The Morgan fingerprint density at radius 3 is 2.68 bits per heavy atom. The zero-order chi connectivity index (χ0) is 13.1. The number of aromatic amines is 1. The molecule has 0 aliphatic carbocycles. The van der Waals surface area contributed by atoms with Gasteiger partial charge in [-0.1, -0.05) is 23.9 Å². The summed E-state index contributed by atoms with van der Waals surface area (Å²) in [6.45, 7) is 0.561. The Bertz CT molecular complexity index is 632. The molecular weight excluding hydrogens is 256 g/mol. The van der Waals surface area contributed by atoms with Gasteiger partial charge < -0.3 is 10.7 Å². The quantitative estimate of drug-likeness (QED) is 0.715. The lowest BCUT2D eigenvalue weighted by Gasteiger charge is -2.12. The van der Waals surface area contributed by atoms with Gasteiger partial charge in [0.1, 0.15) is 0 Å². The Morgan fingerprint density at radius 1 is 1.16 bits per heavy atom. The first-order valence-corrected chi connectivity index (χ1v) is 6.96. The number of aromatic nitrogens is 3. The normalized spacial score (nSPS) is 12.7. The van der Waals surface area contributed by atoms with Crippen molar-refractivity contribution in [2.75, 3.05) is 6.54 Å². The maximum Gasteiger partial charge on any atom is 0.167 e. The molecule has 0 aliphatic rings. The molecule has 96 valence electrons. The van der Waals surface area contributed by atoms with Crippen molar-refractivity contribution in [3.05, 3.63) is 54.4 Å². The van der Waals surface area contributed by atoms with Gasteiger partial charge in [-0.25, -0.2) is 4.98 Å². The minimum atomic E-state index is 0.184. The number of nitrogens with two attached hydrogens (primary N) is 1. The Kier molecular flexibility index (Phi) is 3.48. The van der Waals surface area contributed by atoms with Crippen LogP contribution >= 0.6 is 11.8 Å². The molecule has 0 saturated carbocycles.